The van der Waals surface area contributed by atoms with Crippen LogP contribution in [-0.4, -0.2) is 19.3 Å². The summed E-state index contributed by atoms with van der Waals surface area (Å²) in [6, 6.07) is 13.5. The van der Waals surface area contributed by atoms with Crippen molar-refractivity contribution in [2.24, 2.45) is 0 Å². The van der Waals surface area contributed by atoms with Gasteiger partial charge >= 0.3 is 0 Å². The maximum Gasteiger partial charge on any atom is 0.127 e. The van der Waals surface area contributed by atoms with Crippen LogP contribution in [-0.2, 0) is 6.42 Å². The van der Waals surface area contributed by atoms with E-state index in [1.807, 2.05) is 42.5 Å². The molecule has 21 heavy (non-hydrogen) atoms. The molecule has 3 nitrogen and oxygen atoms in total. The van der Waals surface area contributed by atoms with Crippen LogP contribution in [0, 0.1) is 0 Å². The van der Waals surface area contributed by atoms with Gasteiger partial charge < -0.3 is 14.6 Å². The summed E-state index contributed by atoms with van der Waals surface area (Å²) >= 11 is 0. The van der Waals surface area contributed by atoms with Crippen LogP contribution < -0.4 is 9.47 Å². The van der Waals surface area contributed by atoms with E-state index in [1.54, 1.807) is 14.2 Å². The van der Waals surface area contributed by atoms with Crippen molar-refractivity contribution in [1.29, 1.82) is 0 Å². The van der Waals surface area contributed by atoms with Gasteiger partial charge in [0.1, 0.15) is 17.3 Å². The van der Waals surface area contributed by atoms with Crippen LogP contribution >= 0.6 is 0 Å². The van der Waals surface area contributed by atoms with Gasteiger partial charge in [-0.25, -0.2) is 0 Å². The lowest BCUT2D eigenvalue weighted by molar-refractivity contribution is 0.407. The third-order valence-electron chi connectivity index (χ3n) is 3.95. The van der Waals surface area contributed by atoms with Crippen molar-refractivity contribution in [3.8, 4) is 11.5 Å². The van der Waals surface area contributed by atoms with E-state index in [1.165, 1.54) is 0 Å². The number of rotatable bonds is 3. The third-order valence-corrected chi connectivity index (χ3v) is 3.95. The van der Waals surface area contributed by atoms with Gasteiger partial charge in [-0.1, -0.05) is 30.3 Å². The highest BCUT2D eigenvalue weighted by Gasteiger charge is 2.23. The molecule has 0 heterocycles. The molecule has 1 aliphatic carbocycles. The van der Waals surface area contributed by atoms with E-state index in [9.17, 15) is 5.11 Å². The Morgan fingerprint density at radius 1 is 0.810 bits per heavy atom. The van der Waals surface area contributed by atoms with Gasteiger partial charge in [0.15, 0.2) is 0 Å². The van der Waals surface area contributed by atoms with E-state index >= 15 is 0 Å². The van der Waals surface area contributed by atoms with Crippen LogP contribution in [0.25, 0.3) is 11.3 Å². The first-order valence-electron chi connectivity index (χ1n) is 6.98. The molecule has 0 saturated carbocycles. The highest BCUT2D eigenvalue weighted by molar-refractivity contribution is 5.91. The summed E-state index contributed by atoms with van der Waals surface area (Å²) in [4.78, 5) is 0. The Morgan fingerprint density at radius 3 is 2.24 bits per heavy atom. The summed E-state index contributed by atoms with van der Waals surface area (Å²) in [5.74, 6) is 1.93. The van der Waals surface area contributed by atoms with Crippen LogP contribution in [0.3, 0.4) is 0 Å². The molecule has 0 saturated heterocycles. The lowest BCUT2D eigenvalue weighted by atomic mass is 9.86. The fourth-order valence-corrected chi connectivity index (χ4v) is 2.92. The molecule has 1 aliphatic rings. The van der Waals surface area contributed by atoms with E-state index in [0.29, 0.717) is 5.76 Å². The van der Waals surface area contributed by atoms with E-state index in [0.717, 1.165) is 46.6 Å². The van der Waals surface area contributed by atoms with Crippen LogP contribution in [0.4, 0.5) is 0 Å². The SMILES string of the molecule is COc1ccccc1C1=C(O)c2cccc(OC)c2CC1. The molecule has 0 unspecified atom stereocenters. The maximum absolute atomic E-state index is 10.7. The number of benzene rings is 2. The van der Waals surface area contributed by atoms with Crippen molar-refractivity contribution in [2.75, 3.05) is 14.2 Å². The Balaban J connectivity index is 2.16. The Bertz CT molecular complexity index is 701. The molecule has 2 aromatic rings. The zero-order valence-corrected chi connectivity index (χ0v) is 12.2. The summed E-state index contributed by atoms with van der Waals surface area (Å²) in [6.45, 7) is 0. The predicted octanol–water partition coefficient (Wildman–Crippen LogP) is 4.08. The molecular formula is C18H18O3. The maximum atomic E-state index is 10.7. The molecule has 0 aliphatic heterocycles. The minimum atomic E-state index is 0.319. The normalized spacial score (nSPS) is 13.8. The number of hydrogen-bond donors (Lipinski definition) is 1. The molecule has 0 atom stereocenters. The van der Waals surface area contributed by atoms with E-state index in [2.05, 4.69) is 0 Å². The molecule has 3 heteroatoms. The lowest BCUT2D eigenvalue weighted by Crippen LogP contribution is -2.07. The van der Waals surface area contributed by atoms with E-state index in [4.69, 9.17) is 9.47 Å². The first kappa shape index (κ1) is 13.6. The summed E-state index contributed by atoms with van der Waals surface area (Å²) in [5, 5.41) is 10.7. The van der Waals surface area contributed by atoms with Gasteiger partial charge in [0.2, 0.25) is 0 Å². The highest BCUT2D eigenvalue weighted by atomic mass is 16.5. The van der Waals surface area contributed by atoms with E-state index < -0.39 is 0 Å². The topological polar surface area (TPSA) is 38.7 Å². The number of ether oxygens (including phenoxy) is 2. The quantitative estimate of drug-likeness (QED) is 0.922. The Labute approximate surface area is 124 Å². The molecule has 0 aromatic heterocycles. The van der Waals surface area contributed by atoms with Crippen LogP contribution in [0.5, 0.6) is 11.5 Å². The summed E-state index contributed by atoms with van der Waals surface area (Å²) < 4.78 is 10.8. The van der Waals surface area contributed by atoms with Crippen LogP contribution in [0.1, 0.15) is 23.1 Å². The predicted molar refractivity (Wildman–Crippen MR) is 83.8 cm³/mol. The Hall–Kier alpha value is -2.42. The van der Waals surface area contributed by atoms with Crippen molar-refractivity contribution < 1.29 is 14.6 Å². The van der Waals surface area contributed by atoms with Gasteiger partial charge in [-0.3, -0.25) is 0 Å². The van der Waals surface area contributed by atoms with Crippen molar-refractivity contribution in [3.05, 3.63) is 59.2 Å². The molecule has 0 radical (unpaired) electrons. The van der Waals surface area contributed by atoms with Gasteiger partial charge in [0.05, 0.1) is 14.2 Å². The zero-order valence-electron chi connectivity index (χ0n) is 12.2. The molecule has 1 N–H and O–H groups in total. The van der Waals surface area contributed by atoms with Crippen LogP contribution in [0.15, 0.2) is 42.5 Å². The number of fused-ring (bicyclic) bond motifs is 1. The molecule has 0 bridgehead atoms. The average Bonchev–Trinajstić information content (AvgIpc) is 2.55. The van der Waals surface area contributed by atoms with Crippen molar-refractivity contribution in [3.63, 3.8) is 0 Å². The van der Waals surface area contributed by atoms with Gasteiger partial charge in [0.25, 0.3) is 0 Å². The standard InChI is InChI=1S/C18H18O3/c1-20-16-8-4-3-6-12(16)15-11-10-13-14(18(15)19)7-5-9-17(13)21-2/h3-9,19H,10-11H2,1-2H3. The number of para-hydroxylation sites is 1. The summed E-state index contributed by atoms with van der Waals surface area (Å²) in [7, 11) is 3.31. The van der Waals surface area contributed by atoms with Gasteiger partial charge in [-0.15, -0.1) is 0 Å². The van der Waals surface area contributed by atoms with Gasteiger partial charge in [-0.2, -0.15) is 0 Å². The fraction of sp³-hybridized carbons (Fsp3) is 0.222. The molecule has 0 amide bonds. The third kappa shape index (κ3) is 2.25. The molecular weight excluding hydrogens is 264 g/mol. The second kappa shape index (κ2) is 5.52. The second-order valence-electron chi connectivity index (χ2n) is 5.01. The Kier molecular flexibility index (Phi) is 3.57. The van der Waals surface area contributed by atoms with Crippen molar-refractivity contribution in [2.45, 2.75) is 12.8 Å². The number of allylic oxidation sites excluding steroid dienone is 1. The number of aliphatic hydroxyl groups is 1. The van der Waals surface area contributed by atoms with Crippen LogP contribution in [0.2, 0.25) is 0 Å². The minimum absolute atomic E-state index is 0.319. The molecule has 3 rings (SSSR count). The molecule has 2 aromatic carbocycles. The minimum Gasteiger partial charge on any atom is -0.507 e. The Morgan fingerprint density at radius 2 is 1.48 bits per heavy atom. The fourth-order valence-electron chi connectivity index (χ4n) is 2.92. The number of aliphatic hydroxyl groups excluding tert-OH is 1. The smallest absolute Gasteiger partial charge is 0.127 e. The van der Waals surface area contributed by atoms with Gasteiger partial charge in [-0.05, 0) is 25.0 Å². The number of hydrogen-bond acceptors (Lipinski definition) is 3. The van der Waals surface area contributed by atoms with Crippen molar-refractivity contribution in [1.82, 2.24) is 0 Å². The monoisotopic (exact) mass is 282 g/mol. The molecule has 0 spiro atoms. The molecule has 0 fully saturated rings. The van der Waals surface area contributed by atoms with Gasteiger partial charge in [0, 0.05) is 22.3 Å². The summed E-state index contributed by atoms with van der Waals surface area (Å²) in [5.41, 5.74) is 3.79. The zero-order chi connectivity index (χ0) is 14.8. The number of methoxy groups -OCH3 is 2. The second-order valence-corrected chi connectivity index (χ2v) is 5.01. The van der Waals surface area contributed by atoms with E-state index in [-0.39, 0.29) is 0 Å². The first-order chi connectivity index (χ1) is 10.3. The largest absolute Gasteiger partial charge is 0.507 e. The molecule has 108 valence electrons. The highest BCUT2D eigenvalue weighted by Crippen LogP contribution is 2.41. The van der Waals surface area contributed by atoms with Crippen molar-refractivity contribution >= 4 is 11.3 Å². The lowest BCUT2D eigenvalue weighted by Gasteiger charge is -2.22. The first-order valence-corrected chi connectivity index (χ1v) is 6.98. The average molecular weight is 282 g/mol. The summed E-state index contributed by atoms with van der Waals surface area (Å²) in [6.07, 6.45) is 1.61.